The third-order valence-corrected chi connectivity index (χ3v) is 6.24. The number of ether oxygens (including phenoxy) is 1. The highest BCUT2D eigenvalue weighted by Crippen LogP contribution is 2.35. The zero-order chi connectivity index (χ0) is 19.5. The van der Waals surface area contributed by atoms with Gasteiger partial charge in [-0.05, 0) is 48.7 Å². The molecule has 1 fully saturated rings. The summed E-state index contributed by atoms with van der Waals surface area (Å²) in [5.41, 5.74) is 2.98. The Morgan fingerprint density at radius 1 is 0.931 bits per heavy atom. The molecular formula is C23H22N4OS. The zero-order valence-electron chi connectivity index (χ0n) is 16.0. The molecule has 3 heterocycles. The van der Waals surface area contributed by atoms with Crippen LogP contribution < -0.4 is 10.1 Å². The van der Waals surface area contributed by atoms with Gasteiger partial charge in [-0.25, -0.2) is 4.98 Å². The maximum Gasteiger partial charge on any atom is 0.184 e. The third-order valence-electron chi connectivity index (χ3n) is 5.29. The molecule has 1 saturated carbocycles. The van der Waals surface area contributed by atoms with Crippen LogP contribution in [0.15, 0.2) is 61.2 Å². The van der Waals surface area contributed by atoms with Crippen molar-refractivity contribution in [2.45, 2.75) is 38.1 Å². The molecule has 0 atom stereocenters. The van der Waals surface area contributed by atoms with Gasteiger partial charge in [-0.2, -0.15) is 0 Å². The van der Waals surface area contributed by atoms with Crippen LogP contribution in [0.2, 0.25) is 0 Å². The lowest BCUT2D eigenvalue weighted by Gasteiger charge is -2.22. The fraction of sp³-hybridized carbons (Fsp3) is 0.261. The second kappa shape index (κ2) is 8.17. The lowest BCUT2D eigenvalue weighted by molar-refractivity contribution is 0.462. The number of fused-ring (bicyclic) bond motifs is 1. The number of anilines is 1. The number of pyridine rings is 2. The Kier molecular flexibility index (Phi) is 5.09. The van der Waals surface area contributed by atoms with Gasteiger partial charge < -0.3 is 10.1 Å². The van der Waals surface area contributed by atoms with Gasteiger partial charge in [0.2, 0.25) is 0 Å². The molecule has 0 saturated heterocycles. The van der Waals surface area contributed by atoms with Crippen molar-refractivity contribution in [3.63, 3.8) is 0 Å². The second-order valence-corrected chi connectivity index (χ2v) is 8.37. The van der Waals surface area contributed by atoms with Gasteiger partial charge in [0.25, 0.3) is 0 Å². The predicted molar refractivity (Wildman–Crippen MR) is 118 cm³/mol. The molecule has 4 aromatic rings. The van der Waals surface area contributed by atoms with Gasteiger partial charge in [-0.3, -0.25) is 9.97 Å². The molecule has 1 aromatic carbocycles. The Bertz CT molecular complexity index is 1110. The van der Waals surface area contributed by atoms with Gasteiger partial charge in [0.15, 0.2) is 5.13 Å². The van der Waals surface area contributed by atoms with Crippen LogP contribution in [-0.2, 0) is 0 Å². The summed E-state index contributed by atoms with van der Waals surface area (Å²) in [6.07, 6.45) is 13.6. The summed E-state index contributed by atoms with van der Waals surface area (Å²) in [6.45, 7) is 0. The SMILES string of the molecule is c1cc(-c2cnccc2Oc2ccc3nc(NC4CCCCC4)sc3c2)ccn1. The van der Waals surface area contributed by atoms with E-state index in [1.165, 1.54) is 32.1 Å². The number of benzene rings is 1. The number of aromatic nitrogens is 3. The molecular weight excluding hydrogens is 380 g/mol. The van der Waals surface area contributed by atoms with Gasteiger partial charge in [0, 0.05) is 42.5 Å². The first-order valence-electron chi connectivity index (χ1n) is 10.0. The topological polar surface area (TPSA) is 59.9 Å². The summed E-state index contributed by atoms with van der Waals surface area (Å²) < 4.78 is 7.35. The first-order chi connectivity index (χ1) is 14.3. The number of thiazole rings is 1. The van der Waals surface area contributed by atoms with E-state index in [9.17, 15) is 0 Å². The summed E-state index contributed by atoms with van der Waals surface area (Å²) in [5.74, 6) is 1.57. The number of hydrogen-bond acceptors (Lipinski definition) is 6. The van der Waals surface area contributed by atoms with E-state index in [0.717, 1.165) is 38.0 Å². The summed E-state index contributed by atoms with van der Waals surface area (Å²) in [5, 5.41) is 4.63. The molecule has 0 aliphatic heterocycles. The van der Waals surface area contributed by atoms with Crippen LogP contribution in [0, 0.1) is 0 Å². The average Bonchev–Trinajstić information content (AvgIpc) is 3.17. The van der Waals surface area contributed by atoms with Crippen LogP contribution in [-0.4, -0.2) is 21.0 Å². The second-order valence-electron chi connectivity index (χ2n) is 7.34. The van der Waals surface area contributed by atoms with Crippen molar-refractivity contribution in [2.24, 2.45) is 0 Å². The Morgan fingerprint density at radius 2 is 1.76 bits per heavy atom. The van der Waals surface area contributed by atoms with Gasteiger partial charge >= 0.3 is 0 Å². The highest BCUT2D eigenvalue weighted by atomic mass is 32.1. The van der Waals surface area contributed by atoms with Crippen LogP contribution in [0.1, 0.15) is 32.1 Å². The van der Waals surface area contributed by atoms with E-state index in [4.69, 9.17) is 9.72 Å². The fourth-order valence-corrected chi connectivity index (χ4v) is 4.77. The molecule has 5 rings (SSSR count). The molecule has 3 aromatic heterocycles. The van der Waals surface area contributed by atoms with E-state index in [0.29, 0.717) is 6.04 Å². The van der Waals surface area contributed by atoms with E-state index < -0.39 is 0 Å². The quantitative estimate of drug-likeness (QED) is 0.425. The predicted octanol–water partition coefficient (Wildman–Crippen LogP) is 6.29. The Balaban J connectivity index is 1.39. The van der Waals surface area contributed by atoms with E-state index in [-0.39, 0.29) is 0 Å². The van der Waals surface area contributed by atoms with E-state index in [1.807, 2.05) is 36.5 Å². The number of nitrogens with one attached hydrogen (secondary N) is 1. The number of hydrogen-bond donors (Lipinski definition) is 1. The smallest absolute Gasteiger partial charge is 0.184 e. The minimum atomic E-state index is 0.555. The fourth-order valence-electron chi connectivity index (χ4n) is 3.80. The maximum absolute atomic E-state index is 6.23. The van der Waals surface area contributed by atoms with E-state index in [2.05, 4.69) is 21.4 Å². The van der Waals surface area contributed by atoms with Gasteiger partial charge in [-0.15, -0.1) is 0 Å². The van der Waals surface area contributed by atoms with Gasteiger partial charge in [0.1, 0.15) is 11.5 Å². The van der Waals surface area contributed by atoms with E-state index in [1.54, 1.807) is 29.9 Å². The van der Waals surface area contributed by atoms with Crippen LogP contribution in [0.5, 0.6) is 11.5 Å². The standard InChI is InChI=1S/C23H22N4OS/c1-2-4-17(5-3-1)26-23-27-20-7-6-18(14-22(20)29-23)28-21-10-13-25-15-19(21)16-8-11-24-12-9-16/h6-15,17H,1-5H2,(H,26,27). The minimum Gasteiger partial charge on any atom is -0.457 e. The van der Waals surface area contributed by atoms with Crippen molar-refractivity contribution >= 4 is 26.7 Å². The molecule has 29 heavy (non-hydrogen) atoms. The summed E-state index contributed by atoms with van der Waals surface area (Å²) >= 11 is 1.69. The Hall–Kier alpha value is -2.99. The molecule has 5 nitrogen and oxygen atoms in total. The largest absolute Gasteiger partial charge is 0.457 e. The zero-order valence-corrected chi connectivity index (χ0v) is 16.9. The number of rotatable bonds is 5. The van der Waals surface area contributed by atoms with Crippen molar-refractivity contribution in [1.82, 2.24) is 15.0 Å². The molecule has 0 spiro atoms. The van der Waals surface area contributed by atoms with E-state index >= 15 is 0 Å². The molecule has 0 unspecified atom stereocenters. The summed E-state index contributed by atoms with van der Waals surface area (Å²) in [6, 6.07) is 12.4. The molecule has 0 amide bonds. The maximum atomic E-state index is 6.23. The lowest BCUT2D eigenvalue weighted by Crippen LogP contribution is -2.21. The molecule has 1 aliphatic rings. The minimum absolute atomic E-state index is 0.555. The van der Waals surface area contributed by atoms with Crippen LogP contribution in [0.25, 0.3) is 21.3 Å². The molecule has 1 N–H and O–H groups in total. The first-order valence-corrected chi connectivity index (χ1v) is 10.9. The Labute approximate surface area is 173 Å². The summed E-state index contributed by atoms with van der Waals surface area (Å²) in [7, 11) is 0. The monoisotopic (exact) mass is 402 g/mol. The van der Waals surface area contributed by atoms with Gasteiger partial charge in [0.05, 0.1) is 10.2 Å². The van der Waals surface area contributed by atoms with Crippen molar-refractivity contribution < 1.29 is 4.74 Å². The molecule has 0 radical (unpaired) electrons. The molecule has 146 valence electrons. The first kappa shape index (κ1) is 18.1. The van der Waals surface area contributed by atoms with Crippen LogP contribution in [0.4, 0.5) is 5.13 Å². The molecule has 1 aliphatic carbocycles. The van der Waals surface area contributed by atoms with Crippen molar-refractivity contribution in [3.8, 4) is 22.6 Å². The van der Waals surface area contributed by atoms with Crippen molar-refractivity contribution in [1.29, 1.82) is 0 Å². The van der Waals surface area contributed by atoms with Crippen molar-refractivity contribution in [3.05, 3.63) is 61.2 Å². The molecule has 6 heteroatoms. The highest BCUT2D eigenvalue weighted by molar-refractivity contribution is 7.22. The Morgan fingerprint density at radius 3 is 2.62 bits per heavy atom. The lowest BCUT2D eigenvalue weighted by atomic mass is 9.96. The summed E-state index contributed by atoms with van der Waals surface area (Å²) in [4.78, 5) is 13.1. The van der Waals surface area contributed by atoms with Crippen molar-refractivity contribution in [2.75, 3.05) is 5.32 Å². The average molecular weight is 403 g/mol. The third kappa shape index (κ3) is 4.07. The highest BCUT2D eigenvalue weighted by Gasteiger charge is 2.15. The van der Waals surface area contributed by atoms with Gasteiger partial charge in [-0.1, -0.05) is 30.6 Å². The molecule has 0 bridgehead atoms. The number of nitrogens with zero attached hydrogens (tertiary/aromatic N) is 3. The van der Waals surface area contributed by atoms with Crippen LogP contribution in [0.3, 0.4) is 0 Å². The van der Waals surface area contributed by atoms with Crippen LogP contribution >= 0.6 is 11.3 Å². The normalized spacial score (nSPS) is 14.8.